The van der Waals surface area contributed by atoms with Crippen molar-refractivity contribution in [1.29, 1.82) is 0 Å². The number of methoxy groups -OCH3 is 1. The third-order valence-electron chi connectivity index (χ3n) is 7.79. The first-order valence-corrected chi connectivity index (χ1v) is 14.9. The average molecular weight is 670 g/mol. The van der Waals surface area contributed by atoms with Crippen LogP contribution in [0.15, 0.2) is 91.3 Å². The molecule has 0 unspecified atom stereocenters. The van der Waals surface area contributed by atoms with Crippen LogP contribution in [0.1, 0.15) is 22.7 Å². The highest BCUT2D eigenvalue weighted by molar-refractivity contribution is 6.31. The molecule has 1 aromatic heterocycles. The zero-order valence-corrected chi connectivity index (χ0v) is 26.0. The topological polar surface area (TPSA) is 131 Å². The number of anilines is 2. The lowest BCUT2D eigenvalue weighted by atomic mass is 9.86. The number of nitrogens with one attached hydrogen (secondary N) is 2. The van der Waals surface area contributed by atoms with Crippen molar-refractivity contribution in [3.63, 3.8) is 0 Å². The first-order valence-electron chi connectivity index (χ1n) is 14.6. The number of fused-ring (bicyclic) bond motifs is 1. The van der Waals surface area contributed by atoms with Crippen molar-refractivity contribution in [3.8, 4) is 16.8 Å². The molecule has 0 aliphatic carbocycles. The molecule has 0 saturated heterocycles. The number of rotatable bonds is 7. The summed E-state index contributed by atoms with van der Waals surface area (Å²) in [6.07, 6.45) is 3.52. The third kappa shape index (κ3) is 6.62. The van der Waals surface area contributed by atoms with Crippen molar-refractivity contribution in [2.24, 2.45) is 0 Å². The highest BCUT2D eigenvalue weighted by Crippen LogP contribution is 2.37. The second-order valence-electron chi connectivity index (χ2n) is 10.6. The molecule has 2 heterocycles. The summed E-state index contributed by atoms with van der Waals surface area (Å²) in [6, 6.07) is 19.6. The Bertz CT molecular complexity index is 2020. The molecule has 2 N–H and O–H groups in total. The van der Waals surface area contributed by atoms with Crippen LogP contribution in [-0.2, 0) is 20.7 Å². The molecular formula is C34H26ClF2N7O4. The first kappa shape index (κ1) is 32.0. The average Bonchev–Trinajstić information content (AvgIpc) is 3.64. The molecule has 0 saturated carbocycles. The highest BCUT2D eigenvalue weighted by atomic mass is 35.5. The number of benzene rings is 4. The molecular weight excluding hydrogens is 644 g/mol. The largest absolute Gasteiger partial charge is 0.453 e. The predicted molar refractivity (Wildman–Crippen MR) is 174 cm³/mol. The summed E-state index contributed by atoms with van der Waals surface area (Å²) in [5.41, 5.74) is 4.19. The van der Waals surface area contributed by atoms with Crippen LogP contribution >= 0.6 is 11.6 Å². The van der Waals surface area contributed by atoms with Crippen molar-refractivity contribution >= 4 is 47.0 Å². The van der Waals surface area contributed by atoms with Gasteiger partial charge in [0.2, 0.25) is 5.91 Å². The van der Waals surface area contributed by atoms with E-state index in [2.05, 4.69) is 30.9 Å². The van der Waals surface area contributed by atoms with E-state index in [0.29, 0.717) is 23.4 Å². The van der Waals surface area contributed by atoms with Gasteiger partial charge in [0.05, 0.1) is 17.8 Å². The summed E-state index contributed by atoms with van der Waals surface area (Å²) in [6.45, 7) is 0.147. The molecule has 0 spiro atoms. The van der Waals surface area contributed by atoms with Crippen LogP contribution in [0.25, 0.3) is 22.9 Å². The van der Waals surface area contributed by atoms with Gasteiger partial charge >= 0.3 is 6.09 Å². The van der Waals surface area contributed by atoms with Gasteiger partial charge in [0.15, 0.2) is 5.82 Å². The van der Waals surface area contributed by atoms with Crippen molar-refractivity contribution < 1.29 is 27.9 Å². The Morgan fingerprint density at radius 3 is 2.40 bits per heavy atom. The van der Waals surface area contributed by atoms with Crippen LogP contribution in [0.4, 0.5) is 25.0 Å². The van der Waals surface area contributed by atoms with Gasteiger partial charge in [0, 0.05) is 29.6 Å². The van der Waals surface area contributed by atoms with Gasteiger partial charge in [0.1, 0.15) is 18.2 Å². The summed E-state index contributed by atoms with van der Waals surface area (Å²) in [5.74, 6) is -2.33. The van der Waals surface area contributed by atoms with Gasteiger partial charge in [-0.3, -0.25) is 14.9 Å². The van der Waals surface area contributed by atoms with Crippen molar-refractivity contribution in [2.45, 2.75) is 12.5 Å². The molecule has 6 rings (SSSR count). The van der Waals surface area contributed by atoms with Gasteiger partial charge in [-0.2, -0.15) is 4.68 Å². The van der Waals surface area contributed by atoms with E-state index in [9.17, 15) is 18.8 Å². The molecule has 242 valence electrons. The number of hydrogen-bond acceptors (Lipinski definition) is 7. The highest BCUT2D eigenvalue weighted by Gasteiger charge is 2.36. The molecule has 1 aliphatic heterocycles. The van der Waals surface area contributed by atoms with Crippen LogP contribution in [0.5, 0.6) is 0 Å². The third-order valence-corrected chi connectivity index (χ3v) is 8.08. The maximum atomic E-state index is 15.2. The minimum Gasteiger partial charge on any atom is -0.453 e. The molecule has 3 amide bonds. The molecule has 11 nitrogen and oxygen atoms in total. The van der Waals surface area contributed by atoms with Crippen molar-refractivity contribution in [3.05, 3.63) is 125 Å². The number of carbonyl (C=O) groups excluding carboxylic acids is 3. The molecule has 48 heavy (non-hydrogen) atoms. The molecule has 0 bridgehead atoms. The van der Waals surface area contributed by atoms with E-state index >= 15 is 4.39 Å². The van der Waals surface area contributed by atoms with E-state index in [-0.39, 0.29) is 22.8 Å². The zero-order chi connectivity index (χ0) is 33.8. The monoisotopic (exact) mass is 669 g/mol. The van der Waals surface area contributed by atoms with E-state index in [1.807, 2.05) is 18.2 Å². The Morgan fingerprint density at radius 2 is 1.69 bits per heavy atom. The second kappa shape index (κ2) is 13.8. The summed E-state index contributed by atoms with van der Waals surface area (Å²) in [4.78, 5) is 40.8. The maximum Gasteiger partial charge on any atom is 0.411 e. The van der Waals surface area contributed by atoms with Crippen LogP contribution in [0.3, 0.4) is 0 Å². The number of amides is 3. The Labute approximate surface area is 277 Å². The summed E-state index contributed by atoms with van der Waals surface area (Å²) < 4.78 is 34.7. The van der Waals surface area contributed by atoms with Gasteiger partial charge in [-0.15, -0.1) is 5.10 Å². The van der Waals surface area contributed by atoms with E-state index in [4.69, 9.17) is 11.6 Å². The normalized spacial score (nSPS) is 14.0. The summed E-state index contributed by atoms with van der Waals surface area (Å²) >= 11 is 6.06. The smallest absolute Gasteiger partial charge is 0.411 e. The number of halogens is 3. The fraction of sp³-hybridized carbons (Fsp3) is 0.118. The van der Waals surface area contributed by atoms with Crippen LogP contribution < -0.4 is 10.6 Å². The first-order chi connectivity index (χ1) is 23.2. The lowest BCUT2D eigenvalue weighted by Crippen LogP contribution is -2.45. The minimum absolute atomic E-state index is 0.0275. The zero-order valence-electron chi connectivity index (χ0n) is 25.2. The fourth-order valence-corrected chi connectivity index (χ4v) is 5.71. The molecule has 4 aromatic carbocycles. The molecule has 0 fully saturated rings. The molecule has 14 heteroatoms. The molecule has 0 radical (unpaired) electrons. The van der Waals surface area contributed by atoms with Crippen LogP contribution in [0, 0.1) is 11.6 Å². The number of hydrogen-bond donors (Lipinski definition) is 2. The summed E-state index contributed by atoms with van der Waals surface area (Å²) in [7, 11) is 1.27. The number of aromatic nitrogens is 4. The quantitative estimate of drug-likeness (QED) is 0.197. The number of carbonyl (C=O) groups is 3. The van der Waals surface area contributed by atoms with E-state index in [1.165, 1.54) is 71.6 Å². The fourth-order valence-electron chi connectivity index (χ4n) is 5.54. The van der Waals surface area contributed by atoms with Gasteiger partial charge < -0.3 is 15.0 Å². The van der Waals surface area contributed by atoms with Crippen molar-refractivity contribution in [1.82, 2.24) is 25.1 Å². The Morgan fingerprint density at radius 1 is 0.958 bits per heavy atom. The Kier molecular flexibility index (Phi) is 9.21. The number of tetrazole rings is 1. The minimum atomic E-state index is -1.10. The standard InChI is InChI=1S/C34H26ClF2N7O4/c1-48-34(47)40-23-9-5-20(6-10-23)24-3-2-4-26-25(24)17-18-43(32(26)33(46)39-22-11-7-21(36)8-12-22)30(45)16-13-27-29(44-19-38-41-42-44)15-14-28(35)31(27)37/h2-16,19,32H,17-18H2,1H3,(H,39,46)(H,40,47)/b16-13+/t32-/m0/s1. The molecule has 1 aliphatic rings. The van der Waals surface area contributed by atoms with Gasteiger partial charge in [-0.25, -0.2) is 13.6 Å². The lowest BCUT2D eigenvalue weighted by Gasteiger charge is -2.36. The molecule has 1 atom stereocenters. The number of ether oxygens (including phenoxy) is 1. The van der Waals surface area contributed by atoms with Crippen molar-refractivity contribution in [2.75, 3.05) is 24.3 Å². The van der Waals surface area contributed by atoms with Gasteiger partial charge in [-0.05, 0) is 93.7 Å². The predicted octanol–water partition coefficient (Wildman–Crippen LogP) is 6.22. The SMILES string of the molecule is COC(=O)Nc1ccc(-c2cccc3c2CCN(C(=O)/C=C/c2c(-n4cnnn4)ccc(Cl)c2F)[C@@H]3C(=O)Nc2ccc(F)cc2)cc1. The maximum absolute atomic E-state index is 15.2. The Balaban J connectivity index is 1.36. The molecule has 5 aromatic rings. The number of nitrogens with zero attached hydrogens (tertiary/aromatic N) is 5. The van der Waals surface area contributed by atoms with Gasteiger partial charge in [-0.1, -0.05) is 41.9 Å². The lowest BCUT2D eigenvalue weighted by molar-refractivity contribution is -0.135. The van der Waals surface area contributed by atoms with E-state index in [0.717, 1.165) is 16.7 Å². The van der Waals surface area contributed by atoms with E-state index in [1.54, 1.807) is 24.3 Å². The Hall–Kier alpha value is -5.95. The second-order valence-corrected chi connectivity index (χ2v) is 11.0. The van der Waals surface area contributed by atoms with Gasteiger partial charge in [0.25, 0.3) is 5.91 Å². The van der Waals surface area contributed by atoms with Crippen LogP contribution in [0.2, 0.25) is 5.02 Å². The van der Waals surface area contributed by atoms with Crippen LogP contribution in [-0.4, -0.2) is 56.7 Å². The van der Waals surface area contributed by atoms with E-state index < -0.39 is 35.6 Å². The summed E-state index contributed by atoms with van der Waals surface area (Å²) in [5, 5.41) is 16.2.